The van der Waals surface area contributed by atoms with Crippen LogP contribution in [0.15, 0.2) is 18.2 Å². The second-order valence-electron chi connectivity index (χ2n) is 5.23. The minimum absolute atomic E-state index is 0.200. The first kappa shape index (κ1) is 15.8. The Labute approximate surface area is 128 Å². The molecule has 0 saturated carbocycles. The number of ether oxygens (including phenoxy) is 1. The summed E-state index contributed by atoms with van der Waals surface area (Å²) in [6.07, 6.45) is 1.54. The summed E-state index contributed by atoms with van der Waals surface area (Å²) in [4.78, 5) is 23.6. The lowest BCUT2D eigenvalue weighted by Gasteiger charge is -2.28. The van der Waals surface area contributed by atoms with Gasteiger partial charge in [-0.2, -0.15) is 0 Å². The Hall–Kier alpha value is -1.59. The molecule has 6 heteroatoms. The average Bonchev–Trinajstić information content (AvgIpc) is 2.48. The number of carboxylic acid groups (broad SMARTS) is 1. The van der Waals surface area contributed by atoms with Crippen molar-refractivity contribution in [1.29, 1.82) is 0 Å². The zero-order valence-corrected chi connectivity index (χ0v) is 12.5. The monoisotopic (exact) mass is 311 g/mol. The topological polar surface area (TPSA) is 75.6 Å². The minimum atomic E-state index is -1.04. The van der Waals surface area contributed by atoms with Gasteiger partial charge in [-0.05, 0) is 43.5 Å². The maximum Gasteiger partial charge on any atom is 0.326 e. The van der Waals surface area contributed by atoms with Crippen LogP contribution in [-0.2, 0) is 9.53 Å². The van der Waals surface area contributed by atoms with Gasteiger partial charge in [0.2, 0.25) is 0 Å². The van der Waals surface area contributed by atoms with Crippen molar-refractivity contribution in [1.82, 2.24) is 5.32 Å². The highest BCUT2D eigenvalue weighted by atomic mass is 35.5. The van der Waals surface area contributed by atoms with Crippen LogP contribution in [0, 0.1) is 12.8 Å². The van der Waals surface area contributed by atoms with Gasteiger partial charge in [-0.3, -0.25) is 4.79 Å². The molecule has 0 spiro atoms. The number of carboxylic acids is 1. The summed E-state index contributed by atoms with van der Waals surface area (Å²) in [5.74, 6) is -1.65. The van der Waals surface area contributed by atoms with Gasteiger partial charge >= 0.3 is 5.97 Å². The summed E-state index contributed by atoms with van der Waals surface area (Å²) in [6.45, 7) is 2.80. The van der Waals surface area contributed by atoms with Crippen molar-refractivity contribution in [3.63, 3.8) is 0 Å². The molecular formula is C15H18ClNO4. The number of aryl methyl sites for hydroxylation is 1. The third-order valence-corrected chi connectivity index (χ3v) is 4.06. The number of halogens is 1. The number of benzene rings is 1. The van der Waals surface area contributed by atoms with Crippen LogP contribution >= 0.6 is 11.6 Å². The number of carbonyl (C=O) groups excluding carboxylic acids is 1. The van der Waals surface area contributed by atoms with Gasteiger partial charge in [0.15, 0.2) is 0 Å². The fraction of sp³-hybridized carbons (Fsp3) is 0.467. The molecule has 21 heavy (non-hydrogen) atoms. The van der Waals surface area contributed by atoms with E-state index >= 15 is 0 Å². The molecule has 2 rings (SSSR count). The Morgan fingerprint density at radius 1 is 1.48 bits per heavy atom. The highest BCUT2D eigenvalue weighted by Crippen LogP contribution is 2.19. The van der Waals surface area contributed by atoms with E-state index in [1.807, 2.05) is 0 Å². The molecule has 2 unspecified atom stereocenters. The van der Waals surface area contributed by atoms with Crippen LogP contribution in [-0.4, -0.2) is 36.2 Å². The molecule has 0 bridgehead atoms. The third-order valence-electron chi connectivity index (χ3n) is 3.64. The average molecular weight is 312 g/mol. The second-order valence-corrected chi connectivity index (χ2v) is 5.64. The highest BCUT2D eigenvalue weighted by Gasteiger charge is 2.31. The van der Waals surface area contributed by atoms with Crippen molar-refractivity contribution in [3.05, 3.63) is 34.3 Å². The van der Waals surface area contributed by atoms with Crippen molar-refractivity contribution >= 4 is 23.5 Å². The van der Waals surface area contributed by atoms with Crippen LogP contribution in [0.4, 0.5) is 0 Å². The van der Waals surface area contributed by atoms with Crippen molar-refractivity contribution in [2.24, 2.45) is 5.92 Å². The normalized spacial score (nSPS) is 19.8. The molecule has 0 radical (unpaired) electrons. The number of aliphatic carboxylic acids is 1. The van der Waals surface area contributed by atoms with Crippen molar-refractivity contribution < 1.29 is 19.4 Å². The van der Waals surface area contributed by atoms with Crippen molar-refractivity contribution in [2.45, 2.75) is 25.8 Å². The Morgan fingerprint density at radius 3 is 2.81 bits per heavy atom. The first-order valence-electron chi connectivity index (χ1n) is 6.86. The summed E-state index contributed by atoms with van der Waals surface area (Å²) < 4.78 is 5.30. The van der Waals surface area contributed by atoms with E-state index in [0.29, 0.717) is 23.8 Å². The van der Waals surface area contributed by atoms with E-state index in [9.17, 15) is 14.7 Å². The zero-order chi connectivity index (χ0) is 15.4. The maximum absolute atomic E-state index is 12.2. The molecule has 5 nitrogen and oxygen atoms in total. The van der Waals surface area contributed by atoms with E-state index in [0.717, 1.165) is 18.4 Å². The number of nitrogens with one attached hydrogen (secondary N) is 1. The molecule has 1 saturated heterocycles. The van der Waals surface area contributed by atoms with Gasteiger partial charge in [0.1, 0.15) is 6.04 Å². The molecule has 2 N–H and O–H groups in total. The quantitative estimate of drug-likeness (QED) is 0.894. The SMILES string of the molecule is Cc1cc(C(=O)NC(C(=O)O)C2CCCOC2)ccc1Cl. The van der Waals surface area contributed by atoms with Gasteiger partial charge in [0.25, 0.3) is 5.91 Å². The fourth-order valence-corrected chi connectivity index (χ4v) is 2.54. The van der Waals surface area contributed by atoms with Crippen LogP contribution in [0.2, 0.25) is 5.02 Å². The van der Waals surface area contributed by atoms with Gasteiger partial charge in [-0.25, -0.2) is 4.79 Å². The van der Waals surface area contributed by atoms with E-state index in [1.54, 1.807) is 25.1 Å². The summed E-state index contributed by atoms with van der Waals surface area (Å²) in [5.41, 5.74) is 1.18. The lowest BCUT2D eigenvalue weighted by molar-refractivity contribution is -0.142. The van der Waals surface area contributed by atoms with Crippen LogP contribution in [0.5, 0.6) is 0 Å². The standard InChI is InChI=1S/C15H18ClNO4/c1-9-7-10(4-5-12(9)16)14(18)17-13(15(19)20)11-3-2-6-21-8-11/h4-5,7,11,13H,2-3,6,8H2,1H3,(H,17,18)(H,19,20). The van der Waals surface area contributed by atoms with E-state index in [-0.39, 0.29) is 5.92 Å². The Bertz CT molecular complexity index is 540. The molecule has 0 aliphatic carbocycles. The van der Waals surface area contributed by atoms with Crippen LogP contribution in [0.25, 0.3) is 0 Å². The smallest absolute Gasteiger partial charge is 0.326 e. The van der Waals surface area contributed by atoms with Gasteiger partial charge in [0, 0.05) is 23.1 Å². The Morgan fingerprint density at radius 2 is 2.24 bits per heavy atom. The summed E-state index contributed by atoms with van der Waals surface area (Å²) in [5, 5.41) is 12.5. The van der Waals surface area contributed by atoms with Crippen LogP contribution in [0.3, 0.4) is 0 Å². The summed E-state index contributed by atoms with van der Waals surface area (Å²) in [7, 11) is 0. The predicted octanol–water partition coefficient (Wildman–Crippen LogP) is 2.26. The molecule has 2 atom stereocenters. The number of carbonyl (C=O) groups is 2. The number of hydrogen-bond donors (Lipinski definition) is 2. The Kier molecular flexibility index (Phi) is 5.20. The van der Waals surface area contributed by atoms with Crippen LogP contribution < -0.4 is 5.32 Å². The number of hydrogen-bond acceptors (Lipinski definition) is 3. The second kappa shape index (κ2) is 6.91. The van der Waals surface area contributed by atoms with Gasteiger partial charge in [-0.1, -0.05) is 11.6 Å². The predicted molar refractivity (Wildman–Crippen MR) is 78.6 cm³/mol. The Balaban J connectivity index is 2.10. The number of amides is 1. The lowest BCUT2D eigenvalue weighted by atomic mass is 9.93. The highest BCUT2D eigenvalue weighted by molar-refractivity contribution is 6.31. The molecule has 1 aliphatic rings. The van der Waals surface area contributed by atoms with E-state index in [2.05, 4.69) is 5.32 Å². The molecule has 1 aromatic rings. The van der Waals surface area contributed by atoms with E-state index in [1.165, 1.54) is 0 Å². The van der Waals surface area contributed by atoms with Crippen LogP contribution in [0.1, 0.15) is 28.8 Å². The molecule has 1 heterocycles. The van der Waals surface area contributed by atoms with E-state index in [4.69, 9.17) is 16.3 Å². The first-order chi connectivity index (χ1) is 9.99. The zero-order valence-electron chi connectivity index (χ0n) is 11.8. The molecular weight excluding hydrogens is 294 g/mol. The summed E-state index contributed by atoms with van der Waals surface area (Å²) >= 11 is 5.92. The summed E-state index contributed by atoms with van der Waals surface area (Å²) in [6, 6.07) is 3.92. The first-order valence-corrected chi connectivity index (χ1v) is 7.24. The number of rotatable bonds is 4. The molecule has 1 aromatic carbocycles. The van der Waals surface area contributed by atoms with Gasteiger partial charge in [-0.15, -0.1) is 0 Å². The third kappa shape index (κ3) is 3.95. The maximum atomic E-state index is 12.2. The van der Waals surface area contributed by atoms with Crippen molar-refractivity contribution in [2.75, 3.05) is 13.2 Å². The van der Waals surface area contributed by atoms with Crippen molar-refractivity contribution in [3.8, 4) is 0 Å². The molecule has 1 amide bonds. The van der Waals surface area contributed by atoms with E-state index < -0.39 is 17.9 Å². The molecule has 114 valence electrons. The molecule has 0 aromatic heterocycles. The largest absolute Gasteiger partial charge is 0.480 e. The fourth-order valence-electron chi connectivity index (χ4n) is 2.42. The molecule has 1 aliphatic heterocycles. The molecule has 1 fully saturated rings. The van der Waals surface area contributed by atoms with Gasteiger partial charge in [0.05, 0.1) is 6.61 Å². The van der Waals surface area contributed by atoms with Gasteiger partial charge < -0.3 is 15.2 Å². The minimum Gasteiger partial charge on any atom is -0.480 e. The lowest BCUT2D eigenvalue weighted by Crippen LogP contribution is -2.48.